The quantitative estimate of drug-likeness (QED) is 0.391. The lowest BCUT2D eigenvalue weighted by Crippen LogP contribution is -2.32. The Hall–Kier alpha value is -2.03. The van der Waals surface area contributed by atoms with Crippen molar-refractivity contribution in [2.75, 3.05) is 0 Å². The minimum absolute atomic E-state index is 0.307. The summed E-state index contributed by atoms with van der Waals surface area (Å²) in [5.41, 5.74) is 1.57. The zero-order valence-electron chi connectivity index (χ0n) is 10.6. The summed E-state index contributed by atoms with van der Waals surface area (Å²) < 4.78 is 0. The zero-order chi connectivity index (χ0) is 14.5. The molecule has 0 amide bonds. The molecule has 0 bridgehead atoms. The predicted molar refractivity (Wildman–Crippen MR) is 78.5 cm³/mol. The van der Waals surface area contributed by atoms with Crippen LogP contribution in [-0.4, -0.2) is 34.3 Å². The van der Waals surface area contributed by atoms with E-state index < -0.39 is 14.2 Å². The third-order valence-corrected chi connectivity index (χ3v) is 2.81. The molecule has 2 aromatic carbocycles. The van der Waals surface area contributed by atoms with Crippen LogP contribution in [0.5, 0.6) is 0 Å². The van der Waals surface area contributed by atoms with Gasteiger partial charge in [0.1, 0.15) is 0 Å². The largest absolute Gasteiger partial charge is 0.489 e. The van der Waals surface area contributed by atoms with Crippen molar-refractivity contribution in [2.24, 2.45) is 0 Å². The van der Waals surface area contributed by atoms with Crippen LogP contribution in [-0.2, 0) is 0 Å². The first kappa shape index (κ1) is 14.4. The molecule has 4 N–H and O–H groups in total. The fourth-order valence-electron chi connectivity index (χ4n) is 1.81. The first-order valence-electron chi connectivity index (χ1n) is 6.01. The number of rotatable bonds is 2. The van der Waals surface area contributed by atoms with Crippen LogP contribution < -0.4 is 10.9 Å². The van der Waals surface area contributed by atoms with E-state index in [0.717, 1.165) is 0 Å². The fraction of sp³-hybridized carbons (Fsp3) is 0. The lowest BCUT2D eigenvalue weighted by Gasteiger charge is -2.03. The Kier molecular flexibility index (Phi) is 4.61. The highest BCUT2D eigenvalue weighted by atomic mass is 16.4. The summed E-state index contributed by atoms with van der Waals surface area (Å²) in [5, 5.41) is 37.0. The van der Waals surface area contributed by atoms with Crippen LogP contribution >= 0.6 is 0 Å². The van der Waals surface area contributed by atoms with Gasteiger partial charge in [-0.1, -0.05) is 48.2 Å². The van der Waals surface area contributed by atoms with E-state index in [0.29, 0.717) is 22.1 Å². The smallest absolute Gasteiger partial charge is 0.423 e. The van der Waals surface area contributed by atoms with E-state index in [9.17, 15) is 20.1 Å². The van der Waals surface area contributed by atoms with Crippen LogP contribution in [0.4, 0.5) is 0 Å². The van der Waals surface area contributed by atoms with Gasteiger partial charge in [-0.3, -0.25) is 0 Å². The Labute approximate surface area is 117 Å². The maximum atomic E-state index is 9.25. The van der Waals surface area contributed by atoms with E-state index in [-0.39, 0.29) is 0 Å². The molecule has 0 saturated carbocycles. The Bertz CT molecular complexity index is 604. The molecule has 0 unspecified atom stereocenters. The van der Waals surface area contributed by atoms with Gasteiger partial charge in [-0.2, -0.15) is 0 Å². The maximum Gasteiger partial charge on any atom is 0.489 e. The molecule has 0 spiro atoms. The van der Waals surface area contributed by atoms with E-state index in [4.69, 9.17) is 0 Å². The summed E-state index contributed by atoms with van der Waals surface area (Å²) in [5.74, 6) is 5.63. The molecule has 2 rings (SSSR count). The van der Waals surface area contributed by atoms with Gasteiger partial charge in [0.05, 0.1) is 0 Å². The minimum atomic E-state index is -1.60. The van der Waals surface area contributed by atoms with Crippen LogP contribution in [0.25, 0.3) is 0 Å². The van der Waals surface area contributed by atoms with Crippen molar-refractivity contribution < 1.29 is 20.1 Å². The summed E-state index contributed by atoms with van der Waals surface area (Å²) in [4.78, 5) is 0. The van der Waals surface area contributed by atoms with Crippen LogP contribution in [0.3, 0.4) is 0 Å². The molecule has 0 aliphatic heterocycles. The first-order chi connectivity index (χ1) is 9.59. The molecule has 0 fully saturated rings. The van der Waals surface area contributed by atoms with E-state index in [1.165, 1.54) is 0 Å². The molecule has 0 aliphatic carbocycles. The molecular formula is C14H12B2O4. The van der Waals surface area contributed by atoms with Crippen LogP contribution in [0.1, 0.15) is 11.1 Å². The minimum Gasteiger partial charge on any atom is -0.423 e. The van der Waals surface area contributed by atoms with Gasteiger partial charge in [-0.25, -0.2) is 0 Å². The van der Waals surface area contributed by atoms with Crippen molar-refractivity contribution >= 4 is 25.2 Å². The van der Waals surface area contributed by atoms with Gasteiger partial charge in [0.15, 0.2) is 0 Å². The fourth-order valence-corrected chi connectivity index (χ4v) is 1.81. The average molecular weight is 266 g/mol. The molecule has 6 heteroatoms. The SMILES string of the molecule is OB(O)c1ccccc1C#Cc1ccccc1B(O)O. The second-order valence-corrected chi connectivity index (χ2v) is 4.17. The van der Waals surface area contributed by atoms with Gasteiger partial charge in [0, 0.05) is 11.1 Å². The molecule has 4 nitrogen and oxygen atoms in total. The van der Waals surface area contributed by atoms with E-state index >= 15 is 0 Å². The second-order valence-electron chi connectivity index (χ2n) is 4.17. The molecule has 0 atom stereocenters. The molecule has 0 radical (unpaired) electrons. The first-order valence-corrected chi connectivity index (χ1v) is 6.01. The number of benzene rings is 2. The normalized spacial score (nSPS) is 9.60. The molecule has 0 aliphatic rings. The van der Waals surface area contributed by atoms with Crippen molar-refractivity contribution in [3.05, 3.63) is 59.7 Å². The van der Waals surface area contributed by atoms with Crippen molar-refractivity contribution in [3.8, 4) is 11.8 Å². The van der Waals surface area contributed by atoms with Crippen molar-refractivity contribution in [1.29, 1.82) is 0 Å². The molecule has 0 aromatic heterocycles. The molecule has 0 heterocycles. The van der Waals surface area contributed by atoms with Gasteiger partial charge >= 0.3 is 14.2 Å². The van der Waals surface area contributed by atoms with E-state index in [1.807, 2.05) is 0 Å². The number of hydrogen-bond donors (Lipinski definition) is 4. The average Bonchev–Trinajstić information content (AvgIpc) is 2.45. The van der Waals surface area contributed by atoms with Crippen molar-refractivity contribution in [3.63, 3.8) is 0 Å². The van der Waals surface area contributed by atoms with Crippen LogP contribution in [0.15, 0.2) is 48.5 Å². The van der Waals surface area contributed by atoms with Gasteiger partial charge < -0.3 is 20.1 Å². The highest BCUT2D eigenvalue weighted by Gasteiger charge is 2.15. The number of hydrogen-bond acceptors (Lipinski definition) is 4. The Morgan fingerprint density at radius 2 is 0.950 bits per heavy atom. The van der Waals surface area contributed by atoms with E-state index in [1.54, 1.807) is 48.5 Å². The molecule has 98 valence electrons. The van der Waals surface area contributed by atoms with Crippen LogP contribution in [0, 0.1) is 11.8 Å². The molecule has 0 saturated heterocycles. The second kappa shape index (κ2) is 6.42. The van der Waals surface area contributed by atoms with Gasteiger partial charge in [0.25, 0.3) is 0 Å². The molecular weight excluding hydrogens is 254 g/mol. The maximum absolute atomic E-state index is 9.25. The zero-order valence-corrected chi connectivity index (χ0v) is 10.6. The molecule has 20 heavy (non-hydrogen) atoms. The standard InChI is InChI=1S/C14H12B2O4/c17-15(18)13-7-3-1-5-11(13)9-10-12-6-2-4-8-14(12)16(19)20/h1-8,17-20H. The monoisotopic (exact) mass is 266 g/mol. The lowest BCUT2D eigenvalue weighted by atomic mass is 9.76. The third kappa shape index (κ3) is 3.29. The highest BCUT2D eigenvalue weighted by molar-refractivity contribution is 6.60. The van der Waals surface area contributed by atoms with Gasteiger partial charge in [0.2, 0.25) is 0 Å². The summed E-state index contributed by atoms with van der Waals surface area (Å²) in [7, 11) is -3.20. The summed E-state index contributed by atoms with van der Waals surface area (Å²) in [6.07, 6.45) is 0. The topological polar surface area (TPSA) is 80.9 Å². The van der Waals surface area contributed by atoms with Gasteiger partial charge in [-0.05, 0) is 23.1 Å². The van der Waals surface area contributed by atoms with Crippen molar-refractivity contribution in [2.45, 2.75) is 0 Å². The summed E-state index contributed by atoms with van der Waals surface area (Å²) in [6.45, 7) is 0. The predicted octanol–water partition coefficient (Wildman–Crippen LogP) is -1.55. The Morgan fingerprint density at radius 3 is 1.30 bits per heavy atom. The van der Waals surface area contributed by atoms with Crippen LogP contribution in [0.2, 0.25) is 0 Å². The summed E-state index contributed by atoms with van der Waals surface area (Å²) in [6, 6.07) is 13.3. The lowest BCUT2D eigenvalue weighted by molar-refractivity contribution is 0.424. The Morgan fingerprint density at radius 1 is 0.600 bits per heavy atom. The Balaban J connectivity index is 2.42. The summed E-state index contributed by atoms with van der Waals surface area (Å²) >= 11 is 0. The highest BCUT2D eigenvalue weighted by Crippen LogP contribution is 1.98. The molecule has 2 aromatic rings. The third-order valence-electron chi connectivity index (χ3n) is 2.81. The van der Waals surface area contributed by atoms with E-state index in [2.05, 4.69) is 11.8 Å². The van der Waals surface area contributed by atoms with Gasteiger partial charge in [-0.15, -0.1) is 0 Å². The van der Waals surface area contributed by atoms with Crippen molar-refractivity contribution in [1.82, 2.24) is 0 Å².